The standard InChI is InChI=1S/C15H22ClN3O/c1-10(2)12(9-20-4)19-13(5-7-16)18-14-11(3)6-8-17-15(14)19/h6,8,10,12H,5,7,9H2,1-4H3. The topological polar surface area (TPSA) is 39.9 Å². The molecule has 0 saturated carbocycles. The normalized spacial score (nSPS) is 13.3. The third-order valence-corrected chi connectivity index (χ3v) is 3.80. The number of nitrogens with zero attached hydrogens (tertiary/aromatic N) is 3. The van der Waals surface area contributed by atoms with Gasteiger partial charge >= 0.3 is 0 Å². The zero-order valence-corrected chi connectivity index (χ0v) is 13.3. The van der Waals surface area contributed by atoms with Gasteiger partial charge in [-0.3, -0.25) is 0 Å². The van der Waals surface area contributed by atoms with Crippen LogP contribution in [0.5, 0.6) is 0 Å². The van der Waals surface area contributed by atoms with Crippen molar-refractivity contribution in [3.05, 3.63) is 23.7 Å². The van der Waals surface area contributed by atoms with E-state index in [0.29, 0.717) is 18.4 Å². The lowest BCUT2D eigenvalue weighted by Gasteiger charge is -2.24. The summed E-state index contributed by atoms with van der Waals surface area (Å²) < 4.78 is 7.60. The molecule has 1 atom stereocenters. The molecule has 0 fully saturated rings. The highest BCUT2D eigenvalue weighted by atomic mass is 35.5. The van der Waals surface area contributed by atoms with Gasteiger partial charge in [0.15, 0.2) is 5.65 Å². The molecule has 0 bridgehead atoms. The maximum atomic E-state index is 5.93. The van der Waals surface area contributed by atoms with Gasteiger partial charge in [-0.2, -0.15) is 0 Å². The van der Waals surface area contributed by atoms with Crippen molar-refractivity contribution in [2.75, 3.05) is 19.6 Å². The van der Waals surface area contributed by atoms with Gasteiger partial charge in [-0.25, -0.2) is 9.97 Å². The summed E-state index contributed by atoms with van der Waals surface area (Å²) in [4.78, 5) is 9.28. The van der Waals surface area contributed by atoms with Crippen LogP contribution in [0, 0.1) is 12.8 Å². The Kier molecular flexibility index (Phi) is 5.00. The van der Waals surface area contributed by atoms with E-state index in [1.807, 2.05) is 12.3 Å². The summed E-state index contributed by atoms with van der Waals surface area (Å²) in [6, 6.07) is 2.21. The zero-order chi connectivity index (χ0) is 14.7. The van der Waals surface area contributed by atoms with Crippen LogP contribution in [-0.2, 0) is 11.2 Å². The van der Waals surface area contributed by atoms with E-state index >= 15 is 0 Å². The molecule has 1 unspecified atom stereocenters. The Morgan fingerprint density at radius 2 is 2.15 bits per heavy atom. The van der Waals surface area contributed by atoms with Crippen LogP contribution in [0.4, 0.5) is 0 Å². The van der Waals surface area contributed by atoms with Crippen molar-refractivity contribution in [1.29, 1.82) is 0 Å². The predicted molar refractivity (Wildman–Crippen MR) is 82.4 cm³/mol. The van der Waals surface area contributed by atoms with Gasteiger partial charge in [0.05, 0.1) is 12.6 Å². The zero-order valence-electron chi connectivity index (χ0n) is 12.6. The first kappa shape index (κ1) is 15.3. The smallest absolute Gasteiger partial charge is 0.160 e. The van der Waals surface area contributed by atoms with Crippen LogP contribution in [0.3, 0.4) is 0 Å². The molecule has 2 heterocycles. The first-order chi connectivity index (χ1) is 9.60. The minimum Gasteiger partial charge on any atom is -0.383 e. The fraction of sp³-hybridized carbons (Fsp3) is 0.600. The minimum absolute atomic E-state index is 0.220. The number of imidazole rings is 1. The van der Waals surface area contributed by atoms with Gasteiger partial charge in [0.2, 0.25) is 0 Å². The van der Waals surface area contributed by atoms with Crippen molar-refractivity contribution in [2.45, 2.75) is 33.2 Å². The third kappa shape index (κ3) is 2.81. The molecule has 2 aromatic rings. The average Bonchev–Trinajstić information content (AvgIpc) is 2.76. The van der Waals surface area contributed by atoms with E-state index in [0.717, 1.165) is 29.0 Å². The molecule has 0 radical (unpaired) electrons. The highest BCUT2D eigenvalue weighted by molar-refractivity contribution is 6.17. The number of rotatable bonds is 6. The van der Waals surface area contributed by atoms with Crippen LogP contribution in [0.2, 0.25) is 0 Å². The second-order valence-corrected chi connectivity index (χ2v) is 5.78. The summed E-state index contributed by atoms with van der Waals surface area (Å²) in [5, 5.41) is 0. The molecule has 0 aliphatic rings. The molecule has 0 aliphatic heterocycles. The van der Waals surface area contributed by atoms with E-state index in [-0.39, 0.29) is 6.04 Å². The quantitative estimate of drug-likeness (QED) is 0.767. The van der Waals surface area contributed by atoms with Gasteiger partial charge in [0, 0.05) is 25.6 Å². The van der Waals surface area contributed by atoms with Crippen molar-refractivity contribution in [2.24, 2.45) is 5.92 Å². The minimum atomic E-state index is 0.220. The van der Waals surface area contributed by atoms with Crippen LogP contribution in [0.25, 0.3) is 11.2 Å². The van der Waals surface area contributed by atoms with Gasteiger partial charge in [-0.05, 0) is 24.5 Å². The molecule has 0 amide bonds. The van der Waals surface area contributed by atoms with E-state index < -0.39 is 0 Å². The maximum Gasteiger partial charge on any atom is 0.160 e. The van der Waals surface area contributed by atoms with E-state index in [1.165, 1.54) is 0 Å². The lowest BCUT2D eigenvalue weighted by atomic mass is 10.0. The molecule has 2 rings (SSSR count). The number of aryl methyl sites for hydroxylation is 2. The van der Waals surface area contributed by atoms with Crippen LogP contribution in [0.15, 0.2) is 12.3 Å². The van der Waals surface area contributed by atoms with E-state index in [9.17, 15) is 0 Å². The first-order valence-electron chi connectivity index (χ1n) is 6.97. The van der Waals surface area contributed by atoms with Crippen molar-refractivity contribution < 1.29 is 4.74 Å². The van der Waals surface area contributed by atoms with Crippen molar-refractivity contribution in [3.63, 3.8) is 0 Å². The molecule has 0 aromatic carbocycles. The molecule has 0 aliphatic carbocycles. The van der Waals surface area contributed by atoms with Crippen LogP contribution in [-0.4, -0.2) is 34.1 Å². The summed E-state index contributed by atoms with van der Waals surface area (Å²) in [6.07, 6.45) is 2.58. The monoisotopic (exact) mass is 295 g/mol. The SMILES string of the molecule is COCC(C(C)C)n1c(CCCl)nc2c(C)ccnc21. The molecular formula is C15H22ClN3O. The lowest BCUT2D eigenvalue weighted by Crippen LogP contribution is -2.22. The Balaban J connectivity index is 2.63. The molecule has 5 heteroatoms. The molecule has 0 saturated heterocycles. The number of pyridine rings is 1. The second-order valence-electron chi connectivity index (χ2n) is 5.40. The molecule has 0 spiro atoms. The lowest BCUT2D eigenvalue weighted by molar-refractivity contribution is 0.133. The molecule has 20 heavy (non-hydrogen) atoms. The Labute approximate surface area is 125 Å². The predicted octanol–water partition coefficient (Wildman–Crippen LogP) is 3.36. The van der Waals surface area contributed by atoms with E-state index in [2.05, 4.69) is 30.3 Å². The van der Waals surface area contributed by atoms with Crippen LogP contribution in [0.1, 0.15) is 31.3 Å². The fourth-order valence-electron chi connectivity index (χ4n) is 2.50. The number of hydrogen-bond donors (Lipinski definition) is 0. The van der Waals surface area contributed by atoms with Crippen LogP contribution >= 0.6 is 11.6 Å². The Morgan fingerprint density at radius 3 is 2.75 bits per heavy atom. The molecule has 2 aromatic heterocycles. The van der Waals surface area contributed by atoms with Crippen molar-refractivity contribution in [1.82, 2.24) is 14.5 Å². The number of aromatic nitrogens is 3. The summed E-state index contributed by atoms with van der Waals surface area (Å²) in [5.74, 6) is 1.98. The van der Waals surface area contributed by atoms with Crippen molar-refractivity contribution in [3.8, 4) is 0 Å². The second kappa shape index (κ2) is 6.55. The molecule has 4 nitrogen and oxygen atoms in total. The van der Waals surface area contributed by atoms with Crippen molar-refractivity contribution >= 4 is 22.8 Å². The molecular weight excluding hydrogens is 274 g/mol. The summed E-state index contributed by atoms with van der Waals surface area (Å²) in [5.41, 5.74) is 3.04. The number of fused-ring (bicyclic) bond motifs is 1. The molecule has 0 N–H and O–H groups in total. The Hall–Kier alpha value is -1.13. The number of halogens is 1. The highest BCUT2D eigenvalue weighted by Gasteiger charge is 2.23. The largest absolute Gasteiger partial charge is 0.383 e. The van der Waals surface area contributed by atoms with Gasteiger partial charge in [0.25, 0.3) is 0 Å². The van der Waals surface area contributed by atoms with Gasteiger partial charge in [0.1, 0.15) is 11.3 Å². The Morgan fingerprint density at radius 1 is 1.40 bits per heavy atom. The number of hydrogen-bond acceptors (Lipinski definition) is 3. The number of ether oxygens (including phenoxy) is 1. The average molecular weight is 296 g/mol. The molecule has 110 valence electrons. The first-order valence-corrected chi connectivity index (χ1v) is 7.50. The van der Waals surface area contributed by atoms with Gasteiger partial charge in [-0.1, -0.05) is 13.8 Å². The van der Waals surface area contributed by atoms with Gasteiger partial charge < -0.3 is 9.30 Å². The fourth-order valence-corrected chi connectivity index (χ4v) is 2.67. The Bertz CT molecular complexity index is 580. The summed E-state index contributed by atoms with van der Waals surface area (Å²) in [6.45, 7) is 7.09. The third-order valence-electron chi connectivity index (χ3n) is 3.61. The van der Waals surface area contributed by atoms with Gasteiger partial charge in [-0.15, -0.1) is 11.6 Å². The summed E-state index contributed by atoms with van der Waals surface area (Å²) in [7, 11) is 1.73. The van der Waals surface area contributed by atoms with E-state index in [4.69, 9.17) is 21.3 Å². The summed E-state index contributed by atoms with van der Waals surface area (Å²) >= 11 is 5.93. The van der Waals surface area contributed by atoms with E-state index in [1.54, 1.807) is 7.11 Å². The maximum absolute atomic E-state index is 5.93. The van der Waals surface area contributed by atoms with Crippen LogP contribution < -0.4 is 0 Å². The number of methoxy groups -OCH3 is 1. The number of alkyl halides is 1. The highest BCUT2D eigenvalue weighted by Crippen LogP contribution is 2.27.